The quantitative estimate of drug-likeness (QED) is 0.0619. The summed E-state index contributed by atoms with van der Waals surface area (Å²) in [5, 5.41) is 9.90. The van der Waals surface area contributed by atoms with Crippen LogP contribution in [-0.2, 0) is 33.6 Å². The van der Waals surface area contributed by atoms with Gasteiger partial charge >= 0.3 is 0 Å². The SMILES string of the molecule is BC(=O)CCCCCSCNC(=O)CNC(=O)CNC(=O)CNC(=O)CCCCCN1C(=O)C=CC1=O. The Morgan fingerprint density at radius 3 is 1.78 bits per heavy atom. The Balaban J connectivity index is 1.97. The highest BCUT2D eigenvalue weighted by molar-refractivity contribution is 7.99. The van der Waals surface area contributed by atoms with Crippen molar-refractivity contribution >= 4 is 60.7 Å². The highest BCUT2D eigenvalue weighted by atomic mass is 32.2. The fourth-order valence-electron chi connectivity index (χ4n) is 3.15. The molecule has 0 aliphatic carbocycles. The lowest BCUT2D eigenvalue weighted by atomic mass is 9.97. The average molecular weight is 537 g/mol. The van der Waals surface area contributed by atoms with E-state index in [1.807, 2.05) is 0 Å². The summed E-state index contributed by atoms with van der Waals surface area (Å²) in [6, 6.07) is 0. The maximum Gasteiger partial charge on any atom is 0.253 e. The molecule has 0 unspecified atom stereocenters. The summed E-state index contributed by atoms with van der Waals surface area (Å²) < 4.78 is 0. The Morgan fingerprint density at radius 2 is 1.19 bits per heavy atom. The number of hydrogen-bond donors (Lipinski definition) is 4. The second-order valence-corrected chi connectivity index (χ2v) is 9.57. The van der Waals surface area contributed by atoms with Crippen LogP contribution in [0.3, 0.4) is 0 Å². The van der Waals surface area contributed by atoms with Crippen LogP contribution in [0.25, 0.3) is 0 Å². The van der Waals surface area contributed by atoms with Gasteiger partial charge in [-0.15, -0.1) is 11.8 Å². The van der Waals surface area contributed by atoms with E-state index < -0.39 is 11.8 Å². The van der Waals surface area contributed by atoms with Crippen molar-refractivity contribution in [2.75, 3.05) is 37.8 Å². The molecule has 14 heteroatoms. The van der Waals surface area contributed by atoms with Crippen LogP contribution < -0.4 is 21.3 Å². The van der Waals surface area contributed by atoms with E-state index in [2.05, 4.69) is 21.3 Å². The number of nitrogens with one attached hydrogen (secondary N) is 4. The molecule has 1 rings (SSSR count). The van der Waals surface area contributed by atoms with E-state index in [0.717, 1.165) is 29.9 Å². The number of carbonyl (C=O) groups excluding carboxylic acids is 7. The van der Waals surface area contributed by atoms with E-state index >= 15 is 0 Å². The van der Waals surface area contributed by atoms with Crippen molar-refractivity contribution in [3.8, 4) is 0 Å². The van der Waals surface area contributed by atoms with Crippen molar-refractivity contribution in [3.63, 3.8) is 0 Å². The summed E-state index contributed by atoms with van der Waals surface area (Å²) in [5.41, 5.74) is 0.194. The summed E-state index contributed by atoms with van der Waals surface area (Å²) in [7, 11) is 1.58. The van der Waals surface area contributed by atoms with E-state index in [4.69, 9.17) is 0 Å². The summed E-state index contributed by atoms with van der Waals surface area (Å²) in [6.45, 7) is -0.497. The fourth-order valence-corrected chi connectivity index (χ4v) is 3.97. The second kappa shape index (κ2) is 19.0. The van der Waals surface area contributed by atoms with E-state index in [1.54, 1.807) is 19.6 Å². The van der Waals surface area contributed by atoms with Gasteiger partial charge in [0, 0.05) is 25.1 Å². The van der Waals surface area contributed by atoms with Gasteiger partial charge in [-0.25, -0.2) is 0 Å². The number of amides is 6. The summed E-state index contributed by atoms with van der Waals surface area (Å²) in [5.74, 6) is -1.09. The zero-order valence-corrected chi connectivity index (χ0v) is 22.1. The van der Waals surface area contributed by atoms with Crippen molar-refractivity contribution in [1.82, 2.24) is 26.2 Å². The molecule has 0 aromatic heterocycles. The molecule has 37 heavy (non-hydrogen) atoms. The van der Waals surface area contributed by atoms with Gasteiger partial charge in [0.25, 0.3) is 11.8 Å². The molecular weight excluding hydrogens is 501 g/mol. The van der Waals surface area contributed by atoms with Crippen LogP contribution in [0.1, 0.15) is 51.4 Å². The Hall–Kier alpha value is -3.16. The Bertz CT molecular complexity index is 850. The molecule has 6 amide bonds. The minimum Gasteiger partial charge on any atom is -0.347 e. The van der Waals surface area contributed by atoms with Crippen LogP contribution >= 0.6 is 11.8 Å². The molecule has 0 radical (unpaired) electrons. The van der Waals surface area contributed by atoms with Crippen LogP contribution in [0, 0.1) is 0 Å². The lowest BCUT2D eigenvalue weighted by molar-refractivity contribution is -0.137. The molecule has 0 aromatic rings. The van der Waals surface area contributed by atoms with Gasteiger partial charge in [-0.3, -0.25) is 33.7 Å². The lowest BCUT2D eigenvalue weighted by Crippen LogP contribution is -2.44. The number of unbranched alkanes of at least 4 members (excludes halogenated alkanes) is 4. The third kappa shape index (κ3) is 16.3. The zero-order valence-electron chi connectivity index (χ0n) is 21.3. The summed E-state index contributed by atoms with van der Waals surface area (Å²) in [6.07, 6.45) is 7.84. The van der Waals surface area contributed by atoms with Gasteiger partial charge < -0.3 is 26.1 Å². The summed E-state index contributed by atoms with van der Waals surface area (Å²) in [4.78, 5) is 82.0. The van der Waals surface area contributed by atoms with E-state index in [0.29, 0.717) is 38.1 Å². The second-order valence-electron chi connectivity index (χ2n) is 8.47. The van der Waals surface area contributed by atoms with Crippen LogP contribution in [0.5, 0.6) is 0 Å². The molecule has 0 aromatic carbocycles. The Labute approximate surface area is 221 Å². The number of hydrogen-bond acceptors (Lipinski definition) is 8. The van der Waals surface area contributed by atoms with Gasteiger partial charge in [0.15, 0.2) is 7.85 Å². The predicted octanol–water partition coefficient (Wildman–Crippen LogP) is -1.65. The topological polar surface area (TPSA) is 171 Å². The van der Waals surface area contributed by atoms with Crippen molar-refractivity contribution in [2.45, 2.75) is 51.4 Å². The van der Waals surface area contributed by atoms with Gasteiger partial charge in [-0.1, -0.05) is 12.8 Å². The Kier molecular flexibility index (Phi) is 16.4. The van der Waals surface area contributed by atoms with Gasteiger partial charge in [-0.05, 0) is 37.9 Å². The minimum atomic E-state index is -0.536. The maximum atomic E-state index is 11.8. The van der Waals surface area contributed by atoms with Crippen molar-refractivity contribution in [2.24, 2.45) is 0 Å². The largest absolute Gasteiger partial charge is 0.347 e. The molecule has 0 saturated carbocycles. The zero-order chi connectivity index (χ0) is 27.5. The highest BCUT2D eigenvalue weighted by Gasteiger charge is 2.22. The number of carbonyl (C=O) groups is 7. The van der Waals surface area contributed by atoms with E-state index in [-0.39, 0.29) is 55.4 Å². The molecule has 12 nitrogen and oxygen atoms in total. The number of thioether (sulfide) groups is 1. The third-order valence-electron chi connectivity index (χ3n) is 5.21. The van der Waals surface area contributed by atoms with E-state index in [9.17, 15) is 33.6 Å². The van der Waals surface area contributed by atoms with Crippen LogP contribution in [0.15, 0.2) is 12.2 Å². The van der Waals surface area contributed by atoms with Crippen molar-refractivity contribution < 1.29 is 33.6 Å². The Morgan fingerprint density at radius 1 is 0.676 bits per heavy atom. The standard InChI is InChI=1S/C23H36BN5O7S/c24-17(30)7-3-2-6-12-37-16-28-21(34)15-27-20(33)14-26-19(32)13-25-18(31)8-4-1-5-11-29-22(35)9-10-23(29)36/h9-10H,1-8,11-16,24H2,(H,25,31)(H,26,32)(H,27,33)(H,28,34). The first-order valence-corrected chi connectivity index (χ1v) is 13.5. The molecule has 0 saturated heterocycles. The summed E-state index contributed by atoms with van der Waals surface area (Å²) >= 11 is 1.56. The van der Waals surface area contributed by atoms with E-state index in [1.165, 1.54) is 12.2 Å². The van der Waals surface area contributed by atoms with Gasteiger partial charge in [0.2, 0.25) is 23.6 Å². The maximum absolute atomic E-state index is 11.8. The van der Waals surface area contributed by atoms with Crippen molar-refractivity contribution in [1.29, 1.82) is 0 Å². The molecule has 4 N–H and O–H groups in total. The van der Waals surface area contributed by atoms with Crippen LogP contribution in [-0.4, -0.2) is 91.7 Å². The monoisotopic (exact) mass is 537 g/mol. The number of imide groups is 1. The third-order valence-corrected chi connectivity index (χ3v) is 6.14. The number of rotatable bonds is 20. The molecule has 204 valence electrons. The van der Waals surface area contributed by atoms with Gasteiger partial charge in [0.05, 0.1) is 31.2 Å². The van der Waals surface area contributed by atoms with Gasteiger partial charge in [-0.2, -0.15) is 0 Å². The fraction of sp³-hybridized carbons (Fsp3) is 0.609. The smallest absolute Gasteiger partial charge is 0.253 e. The first-order chi connectivity index (χ1) is 17.7. The number of nitrogens with zero attached hydrogens (tertiary/aromatic N) is 1. The first-order valence-electron chi connectivity index (χ1n) is 12.4. The molecule has 1 aliphatic heterocycles. The molecule has 1 heterocycles. The normalized spacial score (nSPS) is 12.4. The molecule has 0 fully saturated rings. The predicted molar refractivity (Wildman–Crippen MR) is 141 cm³/mol. The van der Waals surface area contributed by atoms with Crippen molar-refractivity contribution in [3.05, 3.63) is 12.2 Å². The minimum absolute atomic E-state index is 0.194. The first kappa shape index (κ1) is 31.9. The highest BCUT2D eigenvalue weighted by Crippen LogP contribution is 2.08. The molecule has 1 aliphatic rings. The molecule has 0 atom stereocenters. The van der Waals surface area contributed by atoms with Gasteiger partial charge in [0.1, 0.15) is 0 Å². The average Bonchev–Trinajstić information content (AvgIpc) is 3.18. The lowest BCUT2D eigenvalue weighted by Gasteiger charge is -2.13. The molecule has 0 spiro atoms. The molecular formula is C23H36BN5O7S. The molecule has 0 bridgehead atoms. The van der Waals surface area contributed by atoms with Crippen LogP contribution in [0.2, 0.25) is 0 Å². The van der Waals surface area contributed by atoms with Crippen LogP contribution in [0.4, 0.5) is 0 Å².